The van der Waals surface area contributed by atoms with Gasteiger partial charge >= 0.3 is 5.97 Å². The first-order valence-electron chi connectivity index (χ1n) is 5.75. The predicted molar refractivity (Wildman–Crippen MR) is 62.7 cm³/mol. The van der Waals surface area contributed by atoms with Gasteiger partial charge in [0.2, 0.25) is 5.91 Å². The summed E-state index contributed by atoms with van der Waals surface area (Å²) < 4.78 is 4.80. The summed E-state index contributed by atoms with van der Waals surface area (Å²) in [5.74, 6) is -0.555. The van der Waals surface area contributed by atoms with Gasteiger partial charge in [-0.3, -0.25) is 4.79 Å². The van der Waals surface area contributed by atoms with Crippen molar-refractivity contribution < 1.29 is 14.3 Å². The lowest BCUT2D eigenvalue weighted by atomic mass is 10.2. The number of carbonyl (C=O) groups is 2. The number of rotatable bonds is 6. The first kappa shape index (κ1) is 13.3. The highest BCUT2D eigenvalue weighted by Gasteiger charge is 2.16. The lowest BCUT2D eigenvalue weighted by Crippen LogP contribution is -2.39. The van der Waals surface area contributed by atoms with Gasteiger partial charge in [-0.25, -0.2) is 4.79 Å². The van der Waals surface area contributed by atoms with Crippen molar-refractivity contribution in [2.24, 2.45) is 0 Å². The number of allylic oxidation sites excluding steroid dienone is 1. The Morgan fingerprint density at radius 2 is 2.35 bits per heavy atom. The Balaban J connectivity index is 2.21. The Kier molecular flexibility index (Phi) is 5.32. The molecule has 0 aromatic carbocycles. The van der Waals surface area contributed by atoms with Crippen LogP contribution < -0.4 is 16.0 Å². The van der Waals surface area contributed by atoms with E-state index in [1.165, 1.54) is 0 Å². The lowest BCUT2D eigenvalue weighted by molar-refractivity contribution is -0.146. The summed E-state index contributed by atoms with van der Waals surface area (Å²) in [7, 11) is 0. The van der Waals surface area contributed by atoms with E-state index in [0.29, 0.717) is 26.1 Å². The standard InChI is InChI=1S/C11H19N3O3/c1-3-17-11(16)8(2)14-10(15)5-4-9-6-12-7-13-9/h6,8,12-13H,3-5,7H2,1-2H3,(H,14,15)/t8-/m0/s1. The van der Waals surface area contributed by atoms with E-state index < -0.39 is 12.0 Å². The lowest BCUT2D eigenvalue weighted by Gasteiger charge is -2.12. The van der Waals surface area contributed by atoms with Crippen LogP contribution in [-0.4, -0.2) is 31.2 Å². The van der Waals surface area contributed by atoms with Crippen LogP contribution in [0.4, 0.5) is 0 Å². The first-order valence-corrected chi connectivity index (χ1v) is 5.75. The fourth-order valence-electron chi connectivity index (χ4n) is 1.44. The highest BCUT2D eigenvalue weighted by atomic mass is 16.5. The number of amides is 1. The summed E-state index contributed by atoms with van der Waals surface area (Å²) in [5, 5.41) is 8.68. The molecule has 0 radical (unpaired) electrons. The van der Waals surface area contributed by atoms with Crippen molar-refractivity contribution in [3.63, 3.8) is 0 Å². The van der Waals surface area contributed by atoms with Gasteiger partial charge in [-0.15, -0.1) is 0 Å². The van der Waals surface area contributed by atoms with Gasteiger partial charge in [0.15, 0.2) is 0 Å². The van der Waals surface area contributed by atoms with Crippen molar-refractivity contribution in [2.75, 3.05) is 13.3 Å². The molecule has 6 heteroatoms. The van der Waals surface area contributed by atoms with Crippen molar-refractivity contribution in [1.29, 1.82) is 0 Å². The molecule has 1 rings (SSSR count). The van der Waals surface area contributed by atoms with Crippen molar-refractivity contribution in [3.8, 4) is 0 Å². The Morgan fingerprint density at radius 3 is 2.94 bits per heavy atom. The smallest absolute Gasteiger partial charge is 0.328 e. The summed E-state index contributed by atoms with van der Waals surface area (Å²) in [6.45, 7) is 4.37. The molecule has 1 amide bonds. The molecule has 17 heavy (non-hydrogen) atoms. The topological polar surface area (TPSA) is 79.5 Å². The Hall–Kier alpha value is -1.72. The average molecular weight is 241 g/mol. The van der Waals surface area contributed by atoms with Crippen LogP contribution in [0.1, 0.15) is 26.7 Å². The summed E-state index contributed by atoms with van der Waals surface area (Å²) in [4.78, 5) is 22.8. The van der Waals surface area contributed by atoms with Crippen LogP contribution in [-0.2, 0) is 14.3 Å². The molecule has 1 atom stereocenters. The molecule has 1 heterocycles. The van der Waals surface area contributed by atoms with Gasteiger partial charge in [-0.2, -0.15) is 0 Å². The number of carbonyl (C=O) groups excluding carboxylic acids is 2. The Bertz CT molecular complexity index is 315. The van der Waals surface area contributed by atoms with E-state index in [1.807, 2.05) is 6.20 Å². The zero-order chi connectivity index (χ0) is 12.7. The van der Waals surface area contributed by atoms with Crippen LogP contribution in [0.15, 0.2) is 11.9 Å². The minimum atomic E-state index is -0.592. The zero-order valence-electron chi connectivity index (χ0n) is 10.2. The maximum atomic E-state index is 11.5. The van der Waals surface area contributed by atoms with Crippen LogP contribution >= 0.6 is 0 Å². The van der Waals surface area contributed by atoms with Gasteiger partial charge < -0.3 is 20.7 Å². The van der Waals surface area contributed by atoms with E-state index >= 15 is 0 Å². The van der Waals surface area contributed by atoms with Gasteiger partial charge in [-0.1, -0.05) is 0 Å². The Labute approximate surface area is 101 Å². The minimum Gasteiger partial charge on any atom is -0.464 e. The van der Waals surface area contributed by atoms with Crippen molar-refractivity contribution in [3.05, 3.63) is 11.9 Å². The quantitative estimate of drug-likeness (QED) is 0.562. The molecule has 0 unspecified atom stereocenters. The second-order valence-electron chi connectivity index (χ2n) is 3.77. The summed E-state index contributed by atoms with van der Waals surface area (Å²) >= 11 is 0. The third-order valence-corrected chi connectivity index (χ3v) is 2.33. The highest BCUT2D eigenvalue weighted by molar-refractivity contribution is 5.84. The summed E-state index contributed by atoms with van der Waals surface area (Å²) in [6.07, 6.45) is 2.83. The molecule has 1 aliphatic heterocycles. The molecule has 0 bridgehead atoms. The minimum absolute atomic E-state index is 0.153. The number of nitrogens with one attached hydrogen (secondary N) is 3. The monoisotopic (exact) mass is 241 g/mol. The molecule has 0 fully saturated rings. The highest BCUT2D eigenvalue weighted by Crippen LogP contribution is 2.03. The Morgan fingerprint density at radius 1 is 1.59 bits per heavy atom. The van der Waals surface area contributed by atoms with E-state index in [9.17, 15) is 9.59 Å². The number of esters is 1. The number of hydrogen-bond acceptors (Lipinski definition) is 5. The summed E-state index contributed by atoms with van der Waals surface area (Å²) in [5.41, 5.74) is 1.00. The van der Waals surface area contributed by atoms with Gasteiger partial charge in [0.05, 0.1) is 13.3 Å². The van der Waals surface area contributed by atoms with E-state index in [2.05, 4.69) is 16.0 Å². The first-order chi connectivity index (χ1) is 8.13. The van der Waals surface area contributed by atoms with Crippen LogP contribution in [0.5, 0.6) is 0 Å². The van der Waals surface area contributed by atoms with Gasteiger partial charge in [-0.05, 0) is 20.3 Å². The van der Waals surface area contributed by atoms with Crippen molar-refractivity contribution in [2.45, 2.75) is 32.7 Å². The second-order valence-corrected chi connectivity index (χ2v) is 3.77. The van der Waals surface area contributed by atoms with E-state index in [0.717, 1.165) is 5.70 Å². The molecule has 0 spiro atoms. The second kappa shape index (κ2) is 6.78. The molecular formula is C11H19N3O3. The molecule has 6 nitrogen and oxygen atoms in total. The van der Waals surface area contributed by atoms with Crippen LogP contribution in [0.2, 0.25) is 0 Å². The predicted octanol–water partition coefficient (Wildman–Crippen LogP) is -0.174. The molecule has 0 aromatic rings. The van der Waals surface area contributed by atoms with Crippen molar-refractivity contribution >= 4 is 11.9 Å². The van der Waals surface area contributed by atoms with E-state index in [-0.39, 0.29) is 5.91 Å². The van der Waals surface area contributed by atoms with E-state index in [4.69, 9.17) is 4.74 Å². The maximum absolute atomic E-state index is 11.5. The molecule has 3 N–H and O–H groups in total. The van der Waals surface area contributed by atoms with E-state index in [1.54, 1.807) is 13.8 Å². The van der Waals surface area contributed by atoms with Crippen LogP contribution in [0.25, 0.3) is 0 Å². The largest absolute Gasteiger partial charge is 0.464 e. The van der Waals surface area contributed by atoms with Crippen molar-refractivity contribution in [1.82, 2.24) is 16.0 Å². The van der Waals surface area contributed by atoms with Crippen LogP contribution in [0, 0.1) is 0 Å². The van der Waals surface area contributed by atoms with Gasteiger partial charge in [0, 0.05) is 18.3 Å². The molecular weight excluding hydrogens is 222 g/mol. The molecule has 1 aliphatic rings. The average Bonchev–Trinajstić information content (AvgIpc) is 2.79. The third kappa shape index (κ3) is 4.76. The number of ether oxygens (including phenoxy) is 1. The molecule has 0 saturated heterocycles. The SMILES string of the molecule is CCOC(=O)[C@H](C)NC(=O)CCC1=CNCN1. The molecule has 0 aromatic heterocycles. The fourth-order valence-corrected chi connectivity index (χ4v) is 1.44. The zero-order valence-corrected chi connectivity index (χ0v) is 10.2. The van der Waals surface area contributed by atoms with Gasteiger partial charge in [0.1, 0.15) is 6.04 Å². The molecule has 0 saturated carbocycles. The normalized spacial score (nSPS) is 15.3. The maximum Gasteiger partial charge on any atom is 0.328 e. The molecule has 96 valence electrons. The summed E-state index contributed by atoms with van der Waals surface area (Å²) in [6, 6.07) is -0.592. The fraction of sp³-hybridized carbons (Fsp3) is 0.636. The molecule has 0 aliphatic carbocycles. The third-order valence-electron chi connectivity index (χ3n) is 2.33. The van der Waals surface area contributed by atoms with Crippen LogP contribution in [0.3, 0.4) is 0 Å². The number of hydrogen-bond donors (Lipinski definition) is 3. The van der Waals surface area contributed by atoms with Gasteiger partial charge in [0.25, 0.3) is 0 Å².